The van der Waals surface area contributed by atoms with Gasteiger partial charge < -0.3 is 9.84 Å². The molecule has 1 fully saturated rings. The Morgan fingerprint density at radius 3 is 2.35 bits per heavy atom. The lowest BCUT2D eigenvalue weighted by Gasteiger charge is -2.19. The molecule has 168 valence electrons. The van der Waals surface area contributed by atoms with E-state index in [1.165, 1.54) is 46.8 Å². The monoisotopic (exact) mass is 453 g/mol. The van der Waals surface area contributed by atoms with Crippen LogP contribution in [0.25, 0.3) is 11.1 Å². The van der Waals surface area contributed by atoms with Crippen LogP contribution >= 0.6 is 0 Å². The third kappa shape index (κ3) is 5.22. The van der Waals surface area contributed by atoms with E-state index >= 15 is 0 Å². The van der Waals surface area contributed by atoms with E-state index in [1.807, 2.05) is 0 Å². The molecular weight excluding hydrogens is 428 g/mol. The zero-order chi connectivity index (χ0) is 22.6. The van der Waals surface area contributed by atoms with E-state index in [4.69, 9.17) is 9.84 Å². The van der Waals surface area contributed by atoms with E-state index in [0.29, 0.717) is 25.1 Å². The Kier molecular flexibility index (Phi) is 6.96. The summed E-state index contributed by atoms with van der Waals surface area (Å²) in [5.74, 6) is -4.11. The van der Waals surface area contributed by atoms with Crippen LogP contribution in [0.2, 0.25) is 0 Å². The highest BCUT2D eigenvalue weighted by Gasteiger charge is 2.31. The van der Waals surface area contributed by atoms with Gasteiger partial charge in [-0.1, -0.05) is 25.5 Å². The largest absolute Gasteiger partial charge is 0.481 e. The minimum Gasteiger partial charge on any atom is -0.481 e. The molecule has 1 heterocycles. The van der Waals surface area contributed by atoms with Crippen molar-refractivity contribution in [1.29, 1.82) is 0 Å². The van der Waals surface area contributed by atoms with E-state index < -0.39 is 28.5 Å². The van der Waals surface area contributed by atoms with Crippen molar-refractivity contribution in [3.63, 3.8) is 0 Å². The van der Waals surface area contributed by atoms with E-state index in [-0.39, 0.29) is 28.2 Å². The molecule has 0 unspecified atom stereocenters. The number of ether oxygens (including phenoxy) is 1. The highest BCUT2D eigenvalue weighted by molar-refractivity contribution is 7.89. The van der Waals surface area contributed by atoms with Crippen LogP contribution in [-0.4, -0.2) is 43.5 Å². The standard InChI is InChI=1S/C22H25F2NO5S/c1-2-11-22(23,24)17-7-10-20(30-15-21(26)27)19(14-17)16-5-8-18(9-6-16)31(28,29)25-12-3-4-13-25/h5-10,14H,2-4,11-13,15H2,1H3,(H,26,27). The molecule has 0 radical (unpaired) electrons. The Morgan fingerprint density at radius 1 is 1.13 bits per heavy atom. The number of aliphatic carboxylic acids is 1. The molecule has 0 spiro atoms. The van der Waals surface area contributed by atoms with Crippen LogP contribution in [0.1, 0.15) is 38.2 Å². The van der Waals surface area contributed by atoms with Crippen molar-refractivity contribution in [2.45, 2.75) is 43.4 Å². The first-order valence-electron chi connectivity index (χ1n) is 10.1. The number of benzene rings is 2. The molecule has 1 saturated heterocycles. The molecule has 0 amide bonds. The molecule has 0 bridgehead atoms. The maximum absolute atomic E-state index is 14.5. The van der Waals surface area contributed by atoms with Crippen LogP contribution in [0, 0.1) is 0 Å². The number of sulfonamides is 1. The highest BCUT2D eigenvalue weighted by atomic mass is 32.2. The second kappa shape index (κ2) is 9.32. The number of rotatable bonds is 9. The summed E-state index contributed by atoms with van der Waals surface area (Å²) < 4.78 is 61.1. The van der Waals surface area contributed by atoms with Gasteiger partial charge in [0.2, 0.25) is 10.0 Å². The molecular formula is C22H25F2NO5S. The fraction of sp³-hybridized carbons (Fsp3) is 0.409. The summed E-state index contributed by atoms with van der Waals surface area (Å²) in [6.45, 7) is 2.00. The Balaban J connectivity index is 1.99. The van der Waals surface area contributed by atoms with Gasteiger partial charge in [0, 0.05) is 30.6 Å². The number of nitrogens with zero attached hydrogens (tertiary/aromatic N) is 1. The molecule has 0 aromatic heterocycles. The first-order chi connectivity index (χ1) is 14.6. The summed E-state index contributed by atoms with van der Waals surface area (Å²) in [6.07, 6.45) is 1.61. The topological polar surface area (TPSA) is 83.9 Å². The van der Waals surface area contributed by atoms with Crippen LogP contribution in [0.15, 0.2) is 47.4 Å². The Morgan fingerprint density at radius 2 is 1.77 bits per heavy atom. The van der Waals surface area contributed by atoms with E-state index in [0.717, 1.165) is 12.8 Å². The minimum absolute atomic E-state index is 0.124. The second-order valence-electron chi connectivity index (χ2n) is 7.48. The summed E-state index contributed by atoms with van der Waals surface area (Å²) in [4.78, 5) is 11.0. The number of carboxylic acid groups (broad SMARTS) is 1. The van der Waals surface area contributed by atoms with Crippen molar-refractivity contribution >= 4 is 16.0 Å². The van der Waals surface area contributed by atoms with Crippen molar-refractivity contribution in [3.8, 4) is 16.9 Å². The number of halogens is 2. The van der Waals surface area contributed by atoms with Crippen molar-refractivity contribution in [1.82, 2.24) is 4.31 Å². The van der Waals surface area contributed by atoms with Gasteiger partial charge in [-0.25, -0.2) is 22.0 Å². The van der Waals surface area contributed by atoms with Gasteiger partial charge in [0.05, 0.1) is 4.90 Å². The quantitative estimate of drug-likeness (QED) is 0.605. The SMILES string of the molecule is CCCC(F)(F)c1ccc(OCC(=O)O)c(-c2ccc(S(=O)(=O)N3CCCC3)cc2)c1. The first-order valence-corrected chi connectivity index (χ1v) is 11.6. The zero-order valence-corrected chi connectivity index (χ0v) is 18.0. The molecule has 1 aliphatic heterocycles. The third-order valence-electron chi connectivity index (χ3n) is 5.19. The minimum atomic E-state index is -3.60. The predicted octanol–water partition coefficient (Wildman–Crippen LogP) is 4.49. The third-order valence-corrected chi connectivity index (χ3v) is 7.10. The molecule has 0 saturated carbocycles. The molecule has 6 nitrogen and oxygen atoms in total. The average Bonchev–Trinajstić information content (AvgIpc) is 3.28. The highest BCUT2D eigenvalue weighted by Crippen LogP contribution is 2.39. The van der Waals surface area contributed by atoms with Gasteiger partial charge in [-0.3, -0.25) is 0 Å². The maximum atomic E-state index is 14.5. The van der Waals surface area contributed by atoms with Gasteiger partial charge >= 0.3 is 5.97 Å². The molecule has 1 N–H and O–H groups in total. The Hall–Kier alpha value is -2.52. The lowest BCUT2D eigenvalue weighted by Crippen LogP contribution is -2.27. The number of alkyl halides is 2. The predicted molar refractivity (Wildman–Crippen MR) is 112 cm³/mol. The number of carbonyl (C=O) groups is 1. The van der Waals surface area contributed by atoms with Gasteiger partial charge in [-0.15, -0.1) is 0 Å². The van der Waals surface area contributed by atoms with Crippen molar-refractivity contribution in [2.24, 2.45) is 0 Å². The molecule has 9 heteroatoms. The summed E-state index contributed by atoms with van der Waals surface area (Å²) in [5, 5.41) is 8.90. The van der Waals surface area contributed by atoms with Crippen LogP contribution in [0.5, 0.6) is 5.75 Å². The summed E-state index contributed by atoms with van der Waals surface area (Å²) in [5.41, 5.74) is 0.523. The molecule has 0 atom stereocenters. The summed E-state index contributed by atoms with van der Waals surface area (Å²) in [6, 6.07) is 9.73. The van der Waals surface area contributed by atoms with E-state index in [2.05, 4.69) is 0 Å². The normalized spacial score (nSPS) is 15.2. The summed E-state index contributed by atoms with van der Waals surface area (Å²) in [7, 11) is -3.60. The first kappa shape index (κ1) is 23.1. The smallest absolute Gasteiger partial charge is 0.341 e. The second-order valence-corrected chi connectivity index (χ2v) is 9.42. The molecule has 3 rings (SSSR count). The van der Waals surface area contributed by atoms with Crippen LogP contribution in [0.3, 0.4) is 0 Å². The Bertz CT molecular complexity index is 1030. The maximum Gasteiger partial charge on any atom is 0.341 e. The average molecular weight is 454 g/mol. The molecule has 2 aromatic carbocycles. The fourth-order valence-corrected chi connectivity index (χ4v) is 5.11. The van der Waals surface area contributed by atoms with Gasteiger partial charge in [0.1, 0.15) is 5.75 Å². The number of hydrogen-bond donors (Lipinski definition) is 1. The van der Waals surface area contributed by atoms with Gasteiger partial charge in [0.15, 0.2) is 6.61 Å². The van der Waals surface area contributed by atoms with Crippen LogP contribution < -0.4 is 4.74 Å². The van der Waals surface area contributed by atoms with Crippen molar-refractivity contribution < 1.29 is 31.8 Å². The molecule has 31 heavy (non-hydrogen) atoms. The van der Waals surface area contributed by atoms with Gasteiger partial charge in [0.25, 0.3) is 5.92 Å². The van der Waals surface area contributed by atoms with Crippen LogP contribution in [0.4, 0.5) is 8.78 Å². The zero-order valence-electron chi connectivity index (χ0n) is 17.2. The molecule has 1 aliphatic rings. The fourth-order valence-electron chi connectivity index (χ4n) is 3.59. The van der Waals surface area contributed by atoms with E-state index in [9.17, 15) is 22.0 Å². The number of hydrogen-bond acceptors (Lipinski definition) is 4. The van der Waals surface area contributed by atoms with Gasteiger partial charge in [-0.05, 0) is 48.7 Å². The summed E-state index contributed by atoms with van der Waals surface area (Å²) >= 11 is 0. The molecule has 2 aromatic rings. The van der Waals surface area contributed by atoms with Crippen LogP contribution in [-0.2, 0) is 20.7 Å². The lowest BCUT2D eigenvalue weighted by atomic mass is 9.97. The number of carboxylic acids is 1. The Labute approximate surface area is 180 Å². The van der Waals surface area contributed by atoms with E-state index in [1.54, 1.807) is 6.92 Å². The van der Waals surface area contributed by atoms with Crippen molar-refractivity contribution in [2.75, 3.05) is 19.7 Å². The lowest BCUT2D eigenvalue weighted by molar-refractivity contribution is -0.139. The van der Waals surface area contributed by atoms with Gasteiger partial charge in [-0.2, -0.15) is 4.31 Å². The molecule has 0 aliphatic carbocycles. The van der Waals surface area contributed by atoms with Crippen molar-refractivity contribution in [3.05, 3.63) is 48.0 Å².